The lowest BCUT2D eigenvalue weighted by molar-refractivity contribution is -0.144. The van der Waals surface area contributed by atoms with Crippen LogP contribution in [0.15, 0.2) is 42.5 Å². The molecule has 0 spiro atoms. The Morgan fingerprint density at radius 3 is 2.60 bits per heavy atom. The number of nitrogens with one attached hydrogen (secondary N) is 1. The van der Waals surface area contributed by atoms with E-state index in [4.69, 9.17) is 25.8 Å². The Morgan fingerprint density at radius 2 is 1.87 bits per heavy atom. The molecule has 0 bridgehead atoms. The molecule has 7 rings (SSSR count). The number of likely N-dealkylation sites (tertiary alicyclic amines) is 1. The van der Waals surface area contributed by atoms with Gasteiger partial charge in [0.1, 0.15) is 17.2 Å². The van der Waals surface area contributed by atoms with Crippen molar-refractivity contribution in [3.05, 3.63) is 75.9 Å². The lowest BCUT2D eigenvalue weighted by Gasteiger charge is -2.37. The molecular weight excluding hydrogens is 642 g/mol. The van der Waals surface area contributed by atoms with E-state index < -0.39 is 23.6 Å². The fourth-order valence-corrected chi connectivity index (χ4v) is 6.68. The van der Waals surface area contributed by atoms with Gasteiger partial charge in [-0.3, -0.25) is 10.00 Å². The van der Waals surface area contributed by atoms with Crippen LogP contribution in [-0.2, 0) is 23.2 Å². The van der Waals surface area contributed by atoms with E-state index in [-0.39, 0.29) is 29.0 Å². The fraction of sp³-hybridized carbons (Fsp3) is 0.438. The molecule has 4 aromatic rings. The Labute approximate surface area is 273 Å². The van der Waals surface area contributed by atoms with Crippen LogP contribution in [-0.4, -0.2) is 69.2 Å². The van der Waals surface area contributed by atoms with Crippen molar-refractivity contribution in [2.45, 2.75) is 57.2 Å². The minimum atomic E-state index is -4.65. The van der Waals surface area contributed by atoms with Crippen molar-refractivity contribution in [1.82, 2.24) is 30.3 Å². The first-order chi connectivity index (χ1) is 22.5. The Kier molecular flexibility index (Phi) is 8.21. The number of piperidine rings is 1. The number of H-pyrrole nitrogens is 1. The molecule has 47 heavy (non-hydrogen) atoms. The molecule has 0 radical (unpaired) electrons. The number of morpholine rings is 1. The van der Waals surface area contributed by atoms with Gasteiger partial charge in [-0.05, 0) is 69.1 Å². The van der Waals surface area contributed by atoms with Gasteiger partial charge in [-0.15, -0.1) is 5.10 Å². The summed E-state index contributed by atoms with van der Waals surface area (Å²) in [5.74, 6) is -1.82. The highest BCUT2D eigenvalue weighted by atomic mass is 35.5. The number of hydrogen-bond donors (Lipinski definition) is 1. The molecule has 2 saturated heterocycles. The number of fused-ring (bicyclic) bond motifs is 1. The maximum absolute atomic E-state index is 14.9. The predicted molar refractivity (Wildman–Crippen MR) is 164 cm³/mol. The number of para-hydroxylation sites is 1. The molecule has 2 atom stereocenters. The smallest absolute Gasteiger partial charge is 0.444 e. The predicted octanol–water partition coefficient (Wildman–Crippen LogP) is 6.32. The summed E-state index contributed by atoms with van der Waals surface area (Å²) in [5, 5.41) is 14.7. The van der Waals surface area contributed by atoms with E-state index >= 15 is 0 Å². The highest BCUT2D eigenvalue weighted by Crippen LogP contribution is 2.50. The minimum Gasteiger partial charge on any atom is -0.444 e. The van der Waals surface area contributed by atoms with Crippen LogP contribution in [0.1, 0.15) is 55.3 Å². The summed E-state index contributed by atoms with van der Waals surface area (Å²) in [6.45, 7) is 7.37. The molecule has 1 unspecified atom stereocenters. The van der Waals surface area contributed by atoms with Crippen molar-refractivity contribution in [2.24, 2.45) is 0 Å². The second-order valence-electron chi connectivity index (χ2n) is 12.2. The van der Waals surface area contributed by atoms with Crippen LogP contribution in [0, 0.1) is 5.82 Å². The van der Waals surface area contributed by atoms with Crippen molar-refractivity contribution in [1.29, 1.82) is 0 Å². The monoisotopic (exact) mass is 673 g/mol. The van der Waals surface area contributed by atoms with Gasteiger partial charge in [0, 0.05) is 36.6 Å². The van der Waals surface area contributed by atoms with E-state index in [1.54, 1.807) is 25.1 Å². The van der Waals surface area contributed by atoms with Gasteiger partial charge < -0.3 is 19.1 Å². The largest absolute Gasteiger partial charge is 0.451 e. The lowest BCUT2D eigenvalue weighted by atomic mass is 9.88. The van der Waals surface area contributed by atoms with Gasteiger partial charge in [0.25, 0.3) is 5.79 Å². The molecule has 3 aliphatic rings. The highest BCUT2D eigenvalue weighted by molar-refractivity contribution is 6.30. The third-order valence-corrected chi connectivity index (χ3v) is 9.17. The number of rotatable bonds is 6. The summed E-state index contributed by atoms with van der Waals surface area (Å²) < 4.78 is 72.5. The summed E-state index contributed by atoms with van der Waals surface area (Å²) in [6, 6.07) is 11.9. The number of anilines is 1. The van der Waals surface area contributed by atoms with Crippen molar-refractivity contribution in [3.63, 3.8) is 0 Å². The fourth-order valence-electron chi connectivity index (χ4n) is 6.52. The van der Waals surface area contributed by atoms with E-state index in [1.807, 2.05) is 30.2 Å². The van der Waals surface area contributed by atoms with Crippen LogP contribution in [0.2, 0.25) is 5.02 Å². The second kappa shape index (κ2) is 12.2. The van der Waals surface area contributed by atoms with Crippen molar-refractivity contribution >= 4 is 17.3 Å². The SMILES string of the molecule is CC1COCCN1c1cc(-c2n[nH]c(C(F)(F)F)n2)nnc1CN1CCC(c2cccc3c2O[C@@](C)(c2ccc(Cl)cc2F)O3)CC1. The molecule has 2 aromatic heterocycles. The maximum atomic E-state index is 14.9. The molecule has 15 heteroatoms. The van der Waals surface area contributed by atoms with E-state index in [2.05, 4.69) is 30.1 Å². The van der Waals surface area contributed by atoms with Crippen LogP contribution in [0.5, 0.6) is 11.5 Å². The summed E-state index contributed by atoms with van der Waals surface area (Å²) >= 11 is 5.97. The van der Waals surface area contributed by atoms with Crippen LogP contribution in [0.3, 0.4) is 0 Å². The van der Waals surface area contributed by atoms with E-state index in [0.29, 0.717) is 48.5 Å². The quantitative estimate of drug-likeness (QED) is 0.236. The van der Waals surface area contributed by atoms with Crippen LogP contribution in [0.4, 0.5) is 23.2 Å². The zero-order valence-electron chi connectivity index (χ0n) is 25.7. The maximum Gasteiger partial charge on any atom is 0.451 e. The normalized spacial score (nSPS) is 22.2. The first kappa shape index (κ1) is 31.6. The highest BCUT2D eigenvalue weighted by Gasteiger charge is 2.43. The van der Waals surface area contributed by atoms with Gasteiger partial charge in [-0.1, -0.05) is 23.7 Å². The Morgan fingerprint density at radius 1 is 1.06 bits per heavy atom. The number of halogens is 5. The number of ether oxygens (including phenoxy) is 3. The zero-order valence-corrected chi connectivity index (χ0v) is 26.4. The van der Waals surface area contributed by atoms with E-state index in [9.17, 15) is 17.6 Å². The van der Waals surface area contributed by atoms with Crippen LogP contribution >= 0.6 is 11.6 Å². The number of alkyl halides is 3. The third kappa shape index (κ3) is 6.21. The van der Waals surface area contributed by atoms with Gasteiger partial charge >= 0.3 is 6.18 Å². The average Bonchev–Trinajstić information content (AvgIpc) is 3.67. The number of benzene rings is 2. The lowest BCUT2D eigenvalue weighted by Crippen LogP contribution is -2.44. The van der Waals surface area contributed by atoms with Gasteiger partial charge in [-0.2, -0.15) is 23.4 Å². The molecular formula is C32H32ClF4N7O3. The molecule has 3 aliphatic heterocycles. The molecule has 2 aromatic carbocycles. The van der Waals surface area contributed by atoms with Crippen molar-refractivity contribution in [3.8, 4) is 23.0 Å². The third-order valence-electron chi connectivity index (χ3n) is 8.94. The molecule has 0 aliphatic carbocycles. The van der Waals surface area contributed by atoms with Crippen LogP contribution < -0.4 is 14.4 Å². The first-order valence-corrected chi connectivity index (χ1v) is 15.8. The van der Waals surface area contributed by atoms with E-state index in [0.717, 1.165) is 37.2 Å². The molecule has 0 amide bonds. The standard InChI is InChI=1S/C32H32ClF4N7O3/c1-18-17-45-13-12-44(18)26-15-24(29-38-30(42-41-29)32(35,36)37)39-40-25(26)16-43-10-8-19(9-11-43)21-4-3-5-27-28(21)47-31(2,46-27)22-7-6-20(33)14-23(22)34/h3-7,14-15,18-19H,8-13,16-17H2,1-2H3,(H,38,41,42)/t18?,31-/m0/s1. The van der Waals surface area contributed by atoms with Gasteiger partial charge in [0.05, 0.1) is 24.5 Å². The Balaban J connectivity index is 1.08. The van der Waals surface area contributed by atoms with Gasteiger partial charge in [0.2, 0.25) is 11.6 Å². The van der Waals surface area contributed by atoms with Gasteiger partial charge in [0.15, 0.2) is 11.5 Å². The first-order valence-electron chi connectivity index (χ1n) is 15.4. The summed E-state index contributed by atoms with van der Waals surface area (Å²) in [6.07, 6.45) is -2.99. The summed E-state index contributed by atoms with van der Waals surface area (Å²) in [7, 11) is 0. The van der Waals surface area contributed by atoms with Crippen LogP contribution in [0.25, 0.3) is 11.5 Å². The minimum absolute atomic E-state index is 0.0255. The molecule has 2 fully saturated rings. The molecule has 1 N–H and O–H groups in total. The summed E-state index contributed by atoms with van der Waals surface area (Å²) in [5.41, 5.74) is 2.91. The van der Waals surface area contributed by atoms with Crippen molar-refractivity contribution < 1.29 is 31.8 Å². The molecule has 0 saturated carbocycles. The van der Waals surface area contributed by atoms with Gasteiger partial charge in [-0.25, -0.2) is 9.37 Å². The average molecular weight is 674 g/mol. The molecule has 10 nitrogen and oxygen atoms in total. The summed E-state index contributed by atoms with van der Waals surface area (Å²) in [4.78, 5) is 8.04. The molecule has 5 heterocycles. The number of aromatic nitrogens is 5. The van der Waals surface area contributed by atoms with E-state index in [1.165, 1.54) is 6.07 Å². The topological polar surface area (TPSA) is 102 Å². The zero-order chi connectivity index (χ0) is 32.9. The number of nitrogens with zero attached hydrogens (tertiary/aromatic N) is 6. The Hall–Kier alpha value is -4.01. The molecule has 248 valence electrons. The number of hydrogen-bond acceptors (Lipinski definition) is 9. The van der Waals surface area contributed by atoms with Crippen molar-refractivity contribution in [2.75, 3.05) is 37.7 Å². The number of aromatic amines is 1. The Bertz CT molecular complexity index is 1780. The second-order valence-corrected chi connectivity index (χ2v) is 12.6.